The van der Waals surface area contributed by atoms with E-state index in [4.69, 9.17) is 23.5 Å². The van der Waals surface area contributed by atoms with Crippen molar-refractivity contribution in [2.45, 2.75) is 32.4 Å². The lowest BCUT2D eigenvalue weighted by molar-refractivity contribution is 0.0499. The first-order chi connectivity index (χ1) is 16.9. The smallest absolute Gasteiger partial charge is 0.276 e. The first-order valence-corrected chi connectivity index (χ1v) is 11.4. The van der Waals surface area contributed by atoms with Crippen molar-refractivity contribution in [1.82, 2.24) is 10.1 Å². The summed E-state index contributed by atoms with van der Waals surface area (Å²) in [6.07, 6.45) is 1.74. The Hall–Kier alpha value is -3.59. The van der Waals surface area contributed by atoms with Gasteiger partial charge in [-0.2, -0.15) is 0 Å². The quantitative estimate of drug-likeness (QED) is 0.438. The number of benzene rings is 2. The van der Waals surface area contributed by atoms with E-state index >= 15 is 0 Å². The Balaban J connectivity index is 1.62. The van der Waals surface area contributed by atoms with Crippen LogP contribution in [0.2, 0.25) is 0 Å². The van der Waals surface area contributed by atoms with Gasteiger partial charge in [-0.25, -0.2) is 4.39 Å². The van der Waals surface area contributed by atoms with E-state index in [1.807, 2.05) is 0 Å². The van der Waals surface area contributed by atoms with Gasteiger partial charge in [-0.1, -0.05) is 17.3 Å². The number of hydrogen-bond donors (Lipinski definition) is 0. The molecule has 1 aliphatic rings. The van der Waals surface area contributed by atoms with Gasteiger partial charge < -0.3 is 28.4 Å². The van der Waals surface area contributed by atoms with Gasteiger partial charge in [0.15, 0.2) is 23.0 Å². The fraction of sp³-hybridized carbons (Fsp3) is 0.385. The first-order valence-electron chi connectivity index (χ1n) is 11.4. The van der Waals surface area contributed by atoms with Crippen LogP contribution in [0.5, 0.6) is 17.2 Å². The van der Waals surface area contributed by atoms with E-state index in [9.17, 15) is 9.18 Å². The predicted molar refractivity (Wildman–Crippen MR) is 126 cm³/mol. The van der Waals surface area contributed by atoms with Crippen LogP contribution < -0.4 is 14.2 Å². The minimum atomic E-state index is -0.353. The molecular formula is C26H29FN2O6. The third-order valence-electron chi connectivity index (χ3n) is 6.02. The van der Waals surface area contributed by atoms with Crippen LogP contribution in [0.4, 0.5) is 4.39 Å². The highest BCUT2D eigenvalue weighted by Crippen LogP contribution is 2.38. The van der Waals surface area contributed by atoms with E-state index in [1.54, 1.807) is 50.3 Å². The number of carbonyl (C=O) groups is 1. The fourth-order valence-corrected chi connectivity index (χ4v) is 4.12. The molecule has 9 heteroatoms. The lowest BCUT2D eigenvalue weighted by Crippen LogP contribution is -2.37. The van der Waals surface area contributed by atoms with E-state index < -0.39 is 0 Å². The van der Waals surface area contributed by atoms with Crippen molar-refractivity contribution in [2.75, 3.05) is 34.5 Å². The molecule has 1 fully saturated rings. The van der Waals surface area contributed by atoms with E-state index in [1.165, 1.54) is 19.2 Å². The number of rotatable bonds is 9. The van der Waals surface area contributed by atoms with Crippen LogP contribution in [-0.2, 0) is 11.3 Å². The summed E-state index contributed by atoms with van der Waals surface area (Å²) in [5.74, 6) is 1.11. The van der Waals surface area contributed by atoms with Gasteiger partial charge in [-0.15, -0.1) is 0 Å². The zero-order valence-corrected chi connectivity index (χ0v) is 20.3. The van der Waals surface area contributed by atoms with Gasteiger partial charge in [0.2, 0.25) is 5.75 Å². The molecule has 0 spiro atoms. The predicted octanol–water partition coefficient (Wildman–Crippen LogP) is 4.64. The number of ether oxygens (including phenoxy) is 4. The molecule has 0 unspecified atom stereocenters. The van der Waals surface area contributed by atoms with Crippen LogP contribution in [0, 0.1) is 12.7 Å². The molecule has 8 nitrogen and oxygen atoms in total. The number of amides is 1. The topological polar surface area (TPSA) is 83.3 Å². The maximum atomic E-state index is 14.0. The Kier molecular flexibility index (Phi) is 7.55. The molecule has 2 heterocycles. The Bertz CT molecular complexity index is 1160. The highest BCUT2D eigenvalue weighted by Gasteiger charge is 2.27. The molecule has 0 N–H and O–H groups in total. The summed E-state index contributed by atoms with van der Waals surface area (Å²) in [7, 11) is 4.62. The van der Waals surface area contributed by atoms with Crippen molar-refractivity contribution in [3.05, 3.63) is 59.0 Å². The van der Waals surface area contributed by atoms with Crippen LogP contribution in [0.3, 0.4) is 0 Å². The molecule has 0 bridgehead atoms. The van der Waals surface area contributed by atoms with E-state index in [-0.39, 0.29) is 30.1 Å². The molecule has 0 saturated carbocycles. The van der Waals surface area contributed by atoms with E-state index in [2.05, 4.69) is 5.16 Å². The van der Waals surface area contributed by atoms with Gasteiger partial charge in [0, 0.05) is 31.3 Å². The van der Waals surface area contributed by atoms with Crippen molar-refractivity contribution < 1.29 is 32.7 Å². The molecule has 186 valence electrons. The number of methoxy groups -OCH3 is 3. The number of carbonyl (C=O) groups excluding carboxylic acids is 1. The largest absolute Gasteiger partial charge is 0.493 e. The minimum absolute atomic E-state index is 0.0708. The standard InChI is InChI=1S/C26H29FN2O6/c1-16-7-8-18(12-20(16)27)22-13-21(28-35-22)26(30)29(15-19-6-5-9-34-19)14-17-10-23(31-2)25(33-4)24(11-17)32-3/h7-8,10-13,19H,5-6,9,14-15H2,1-4H3/t19-/m1/s1. The molecule has 0 aliphatic carbocycles. The van der Waals surface area contributed by atoms with Crippen molar-refractivity contribution in [3.8, 4) is 28.6 Å². The highest BCUT2D eigenvalue weighted by atomic mass is 19.1. The number of aromatic nitrogens is 1. The van der Waals surface area contributed by atoms with E-state index in [0.29, 0.717) is 47.3 Å². The second kappa shape index (κ2) is 10.8. The van der Waals surface area contributed by atoms with Crippen LogP contribution in [-0.4, -0.2) is 56.5 Å². The van der Waals surface area contributed by atoms with Gasteiger partial charge in [0.1, 0.15) is 5.82 Å². The van der Waals surface area contributed by atoms with Crippen molar-refractivity contribution in [3.63, 3.8) is 0 Å². The molecule has 0 radical (unpaired) electrons. The molecule has 1 aromatic heterocycles. The lowest BCUT2D eigenvalue weighted by atomic mass is 10.1. The Morgan fingerprint density at radius 1 is 1.11 bits per heavy atom. The van der Waals surface area contributed by atoms with E-state index in [0.717, 1.165) is 18.4 Å². The molecular weight excluding hydrogens is 455 g/mol. The zero-order chi connectivity index (χ0) is 24.9. The third-order valence-corrected chi connectivity index (χ3v) is 6.02. The fourth-order valence-electron chi connectivity index (χ4n) is 4.12. The Morgan fingerprint density at radius 2 is 1.86 bits per heavy atom. The van der Waals surface area contributed by atoms with Crippen LogP contribution in [0.25, 0.3) is 11.3 Å². The monoisotopic (exact) mass is 484 g/mol. The third kappa shape index (κ3) is 5.40. The van der Waals surface area contributed by atoms with Gasteiger partial charge in [-0.3, -0.25) is 4.79 Å². The normalized spacial score (nSPS) is 15.2. The summed E-state index contributed by atoms with van der Waals surface area (Å²) < 4.78 is 41.5. The van der Waals surface area contributed by atoms with Gasteiger partial charge >= 0.3 is 0 Å². The first kappa shape index (κ1) is 24.5. The minimum Gasteiger partial charge on any atom is -0.493 e. The number of hydrogen-bond acceptors (Lipinski definition) is 7. The van der Waals surface area contributed by atoms with Crippen molar-refractivity contribution >= 4 is 5.91 Å². The summed E-state index contributed by atoms with van der Waals surface area (Å²) >= 11 is 0. The summed E-state index contributed by atoms with van der Waals surface area (Å²) in [4.78, 5) is 15.2. The van der Waals surface area contributed by atoms with Crippen molar-refractivity contribution in [1.29, 1.82) is 0 Å². The summed E-state index contributed by atoms with van der Waals surface area (Å²) in [6, 6.07) is 9.89. The number of aryl methyl sites for hydroxylation is 1. The molecule has 1 amide bonds. The molecule has 2 aromatic carbocycles. The van der Waals surface area contributed by atoms with Gasteiger partial charge in [-0.05, 0) is 49.1 Å². The molecule has 1 atom stereocenters. The molecule has 35 heavy (non-hydrogen) atoms. The second-order valence-electron chi connectivity index (χ2n) is 8.39. The SMILES string of the molecule is COc1cc(CN(C[C@H]2CCCO2)C(=O)c2cc(-c3ccc(C)c(F)c3)on2)cc(OC)c1OC. The highest BCUT2D eigenvalue weighted by molar-refractivity contribution is 5.93. The maximum Gasteiger partial charge on any atom is 0.276 e. The summed E-state index contributed by atoms with van der Waals surface area (Å²) in [5.41, 5.74) is 1.95. The molecule has 3 aromatic rings. The molecule has 1 aliphatic heterocycles. The number of nitrogens with zero attached hydrogens (tertiary/aromatic N) is 2. The van der Waals surface area contributed by atoms with Gasteiger partial charge in [0.25, 0.3) is 5.91 Å². The lowest BCUT2D eigenvalue weighted by Gasteiger charge is -2.25. The maximum absolute atomic E-state index is 14.0. The Labute approximate surface area is 203 Å². The summed E-state index contributed by atoms with van der Waals surface area (Å²) in [5, 5.41) is 3.98. The van der Waals surface area contributed by atoms with Crippen LogP contribution in [0.1, 0.15) is 34.5 Å². The number of halogens is 1. The molecule has 4 rings (SSSR count). The van der Waals surface area contributed by atoms with Crippen LogP contribution in [0.15, 0.2) is 40.9 Å². The molecule has 1 saturated heterocycles. The zero-order valence-electron chi connectivity index (χ0n) is 20.3. The average Bonchev–Trinajstić information content (AvgIpc) is 3.57. The second-order valence-corrected chi connectivity index (χ2v) is 8.39. The average molecular weight is 485 g/mol. The van der Waals surface area contributed by atoms with Crippen molar-refractivity contribution in [2.24, 2.45) is 0 Å². The van der Waals surface area contributed by atoms with Crippen LogP contribution >= 0.6 is 0 Å². The Morgan fingerprint density at radius 3 is 2.46 bits per heavy atom. The van der Waals surface area contributed by atoms with Gasteiger partial charge in [0.05, 0.1) is 27.4 Å². The summed E-state index contributed by atoms with van der Waals surface area (Å²) in [6.45, 7) is 3.00.